The zero-order valence-corrected chi connectivity index (χ0v) is 24.3. The SMILES string of the molecule is CC(C)(C)C(=O)n1nc(-c2ccn(CC(=O)c3ccco3)c(=O)c2-c2ccccn2)cc1SCc1ccc(Cl)s1. The highest BCUT2D eigenvalue weighted by molar-refractivity contribution is 7.98. The topological polar surface area (TPSA) is 100.0 Å². The van der Waals surface area contributed by atoms with E-state index in [1.807, 2.05) is 39.0 Å². The van der Waals surface area contributed by atoms with E-state index in [1.165, 1.54) is 38.6 Å². The van der Waals surface area contributed by atoms with Crippen LogP contribution >= 0.6 is 34.7 Å². The molecule has 5 aromatic heterocycles. The Labute approximate surface area is 243 Å². The van der Waals surface area contributed by atoms with Crippen LogP contribution in [0.2, 0.25) is 4.34 Å². The van der Waals surface area contributed by atoms with Gasteiger partial charge in [0.15, 0.2) is 5.76 Å². The Bertz CT molecular complexity index is 1730. The van der Waals surface area contributed by atoms with Crippen LogP contribution in [0.15, 0.2) is 87.5 Å². The fourth-order valence-electron chi connectivity index (χ4n) is 3.98. The summed E-state index contributed by atoms with van der Waals surface area (Å²) in [5, 5.41) is 5.33. The number of rotatable bonds is 8. The number of thioether (sulfide) groups is 1. The number of furan rings is 1. The summed E-state index contributed by atoms with van der Waals surface area (Å²) in [6.07, 6.45) is 4.56. The van der Waals surface area contributed by atoms with Crippen molar-refractivity contribution in [2.45, 2.75) is 38.1 Å². The second kappa shape index (κ2) is 11.4. The molecule has 0 fully saturated rings. The van der Waals surface area contributed by atoms with Crippen molar-refractivity contribution in [3.8, 4) is 22.5 Å². The molecular formula is C29H25ClN4O4S2. The number of carbonyl (C=O) groups excluding carboxylic acids is 2. The smallest absolute Gasteiger partial charge is 0.261 e. The number of nitrogens with zero attached hydrogens (tertiary/aromatic N) is 4. The van der Waals surface area contributed by atoms with Gasteiger partial charge in [-0.05, 0) is 48.5 Å². The van der Waals surface area contributed by atoms with Crippen LogP contribution in [-0.2, 0) is 12.3 Å². The number of pyridine rings is 2. The normalized spacial score (nSPS) is 11.6. The van der Waals surface area contributed by atoms with Crippen LogP contribution in [0.5, 0.6) is 0 Å². The molecule has 0 aliphatic rings. The second-order valence-corrected chi connectivity index (χ2v) is 12.8. The Hall–Kier alpha value is -3.73. The lowest BCUT2D eigenvalue weighted by Crippen LogP contribution is -2.28. The summed E-state index contributed by atoms with van der Waals surface area (Å²) in [7, 11) is 0. The van der Waals surface area contributed by atoms with Gasteiger partial charge in [-0.25, -0.2) is 0 Å². The van der Waals surface area contributed by atoms with Gasteiger partial charge in [0.1, 0.15) is 5.03 Å². The lowest BCUT2D eigenvalue weighted by Gasteiger charge is -2.17. The number of Topliss-reactive ketones (excluding diaryl/α,β-unsaturated/α-hetero) is 1. The van der Waals surface area contributed by atoms with Crippen molar-refractivity contribution in [2.75, 3.05) is 0 Å². The largest absolute Gasteiger partial charge is 0.461 e. The molecule has 8 nitrogen and oxygen atoms in total. The van der Waals surface area contributed by atoms with Crippen LogP contribution in [0.3, 0.4) is 0 Å². The van der Waals surface area contributed by atoms with Crippen LogP contribution in [0.1, 0.15) is 41.0 Å². The third-order valence-corrected chi connectivity index (χ3v) is 8.43. The van der Waals surface area contributed by atoms with Crippen molar-refractivity contribution in [3.05, 3.63) is 98.6 Å². The first-order valence-corrected chi connectivity index (χ1v) is 14.5. The number of aromatic nitrogens is 4. The summed E-state index contributed by atoms with van der Waals surface area (Å²) in [6, 6.07) is 15.8. The molecule has 5 heterocycles. The van der Waals surface area contributed by atoms with Crippen molar-refractivity contribution < 1.29 is 14.0 Å². The Balaban J connectivity index is 1.60. The minimum atomic E-state index is -0.690. The zero-order valence-electron chi connectivity index (χ0n) is 22.0. The number of carbonyl (C=O) groups is 2. The number of hydrogen-bond acceptors (Lipinski definition) is 8. The highest BCUT2D eigenvalue weighted by atomic mass is 35.5. The van der Waals surface area contributed by atoms with E-state index in [-0.39, 0.29) is 29.6 Å². The summed E-state index contributed by atoms with van der Waals surface area (Å²) < 4.78 is 8.63. The van der Waals surface area contributed by atoms with Crippen LogP contribution in [-0.4, -0.2) is 31.0 Å². The van der Waals surface area contributed by atoms with Gasteiger partial charge in [0.05, 0.1) is 34.1 Å². The van der Waals surface area contributed by atoms with E-state index in [0.717, 1.165) is 4.88 Å². The number of halogens is 1. The minimum Gasteiger partial charge on any atom is -0.461 e. The molecule has 0 amide bonds. The average molecular weight is 593 g/mol. The van der Waals surface area contributed by atoms with Gasteiger partial charge in [-0.2, -0.15) is 9.78 Å². The van der Waals surface area contributed by atoms with Crippen molar-refractivity contribution in [2.24, 2.45) is 5.41 Å². The lowest BCUT2D eigenvalue weighted by atomic mass is 9.96. The molecular weight excluding hydrogens is 568 g/mol. The summed E-state index contributed by atoms with van der Waals surface area (Å²) in [5.41, 5.74) is 0.574. The third-order valence-electron chi connectivity index (χ3n) is 5.97. The maximum absolute atomic E-state index is 13.8. The summed E-state index contributed by atoms with van der Waals surface area (Å²) >= 11 is 9.05. The van der Waals surface area contributed by atoms with Gasteiger partial charge in [-0.3, -0.25) is 19.4 Å². The molecule has 204 valence electrons. The van der Waals surface area contributed by atoms with E-state index < -0.39 is 11.0 Å². The monoisotopic (exact) mass is 592 g/mol. The zero-order chi connectivity index (χ0) is 28.4. The van der Waals surface area contributed by atoms with E-state index in [9.17, 15) is 14.4 Å². The van der Waals surface area contributed by atoms with Gasteiger partial charge in [-0.15, -0.1) is 23.1 Å². The molecule has 0 bridgehead atoms. The molecule has 0 aliphatic heterocycles. The number of hydrogen-bond donors (Lipinski definition) is 0. The van der Waals surface area contributed by atoms with Gasteiger partial charge in [-0.1, -0.05) is 38.4 Å². The molecule has 0 aliphatic carbocycles. The van der Waals surface area contributed by atoms with Crippen LogP contribution in [0, 0.1) is 5.41 Å². The van der Waals surface area contributed by atoms with E-state index in [1.54, 1.807) is 48.8 Å². The van der Waals surface area contributed by atoms with Gasteiger partial charge < -0.3 is 8.98 Å². The molecule has 11 heteroatoms. The first kappa shape index (κ1) is 27.8. The average Bonchev–Trinajstić information content (AvgIpc) is 3.69. The molecule has 5 aromatic rings. The van der Waals surface area contributed by atoms with E-state index in [0.29, 0.717) is 32.1 Å². The molecule has 0 atom stereocenters. The highest BCUT2D eigenvalue weighted by Gasteiger charge is 2.28. The van der Waals surface area contributed by atoms with Gasteiger partial charge in [0.2, 0.25) is 5.78 Å². The van der Waals surface area contributed by atoms with Crippen LogP contribution in [0.25, 0.3) is 22.5 Å². The van der Waals surface area contributed by atoms with Crippen molar-refractivity contribution in [1.82, 2.24) is 19.3 Å². The molecule has 40 heavy (non-hydrogen) atoms. The predicted molar refractivity (Wildman–Crippen MR) is 157 cm³/mol. The quantitative estimate of drug-likeness (QED) is 0.142. The minimum absolute atomic E-state index is 0.170. The maximum atomic E-state index is 13.8. The Morgan fingerprint density at radius 1 is 1.07 bits per heavy atom. The fourth-order valence-corrected chi connectivity index (χ4v) is 6.10. The van der Waals surface area contributed by atoms with E-state index in [2.05, 4.69) is 10.1 Å². The van der Waals surface area contributed by atoms with Crippen molar-refractivity contribution in [3.63, 3.8) is 0 Å². The maximum Gasteiger partial charge on any atom is 0.261 e. The fraction of sp³-hybridized carbons (Fsp3) is 0.207. The van der Waals surface area contributed by atoms with Crippen LogP contribution in [0.4, 0.5) is 0 Å². The lowest BCUT2D eigenvalue weighted by molar-refractivity contribution is 0.0736. The third kappa shape index (κ3) is 5.89. The van der Waals surface area contributed by atoms with Crippen molar-refractivity contribution >= 4 is 46.4 Å². The number of thiophene rings is 1. The van der Waals surface area contributed by atoms with E-state index >= 15 is 0 Å². The van der Waals surface area contributed by atoms with Gasteiger partial charge >= 0.3 is 0 Å². The molecule has 0 spiro atoms. The Morgan fingerprint density at radius 3 is 2.55 bits per heavy atom. The van der Waals surface area contributed by atoms with Crippen LogP contribution < -0.4 is 5.56 Å². The molecule has 0 aromatic carbocycles. The second-order valence-electron chi connectivity index (χ2n) is 9.98. The molecule has 0 saturated heterocycles. The number of ketones is 1. The summed E-state index contributed by atoms with van der Waals surface area (Å²) in [6.45, 7) is 5.30. The molecule has 0 unspecified atom stereocenters. The Kier molecular flexibility index (Phi) is 7.93. The summed E-state index contributed by atoms with van der Waals surface area (Å²) in [5.74, 6) is 0.258. The first-order chi connectivity index (χ1) is 19.1. The van der Waals surface area contributed by atoms with E-state index in [4.69, 9.17) is 16.0 Å². The van der Waals surface area contributed by atoms with Crippen molar-refractivity contribution in [1.29, 1.82) is 0 Å². The Morgan fingerprint density at radius 2 is 1.90 bits per heavy atom. The molecule has 0 N–H and O–H groups in total. The van der Waals surface area contributed by atoms with Gasteiger partial charge in [0.25, 0.3) is 11.5 Å². The molecule has 0 saturated carbocycles. The standard InChI is InChI=1S/C29H25ClN4O4S2/c1-29(2,3)28(37)34-25(39-17-18-9-10-24(30)40-18)15-21(32-34)19-11-13-33(16-22(35)23-8-6-14-38-23)27(36)26(19)20-7-4-5-12-31-20/h4-15H,16-17H2,1-3H3. The molecule has 5 rings (SSSR count). The highest BCUT2D eigenvalue weighted by Crippen LogP contribution is 2.35. The first-order valence-electron chi connectivity index (χ1n) is 12.4. The predicted octanol–water partition coefficient (Wildman–Crippen LogP) is 6.94. The molecule has 0 radical (unpaired) electrons. The summed E-state index contributed by atoms with van der Waals surface area (Å²) in [4.78, 5) is 45.4. The van der Waals surface area contributed by atoms with Gasteiger partial charge in [0, 0.05) is 34.0 Å².